The summed E-state index contributed by atoms with van der Waals surface area (Å²) in [6.07, 6.45) is 2.18. The van der Waals surface area contributed by atoms with E-state index in [0.29, 0.717) is 31.1 Å². The molecule has 1 heterocycles. The van der Waals surface area contributed by atoms with Gasteiger partial charge in [0.2, 0.25) is 5.95 Å². The molecule has 0 saturated carbocycles. The van der Waals surface area contributed by atoms with Crippen molar-refractivity contribution in [3.8, 4) is 22.6 Å². The van der Waals surface area contributed by atoms with Gasteiger partial charge in [0.15, 0.2) is 0 Å². The van der Waals surface area contributed by atoms with Gasteiger partial charge in [0.25, 0.3) is 0 Å². The zero-order valence-electron chi connectivity index (χ0n) is 17.0. The van der Waals surface area contributed by atoms with Gasteiger partial charge in [-0.2, -0.15) is 4.98 Å². The molecule has 0 aliphatic rings. The molecule has 0 aliphatic carbocycles. The Morgan fingerprint density at radius 3 is 2.10 bits per heavy atom. The van der Waals surface area contributed by atoms with Crippen molar-refractivity contribution in [3.63, 3.8) is 0 Å². The molecule has 0 amide bonds. The second kappa shape index (κ2) is 8.68. The largest absolute Gasteiger partial charge is 0.493 e. The fraction of sp³-hybridized carbons (Fsp3) is 0.273. The molecule has 0 unspecified atom stereocenters. The van der Waals surface area contributed by atoms with E-state index in [9.17, 15) is 0 Å². The van der Waals surface area contributed by atoms with Crippen molar-refractivity contribution in [1.82, 2.24) is 9.97 Å². The number of nitrogens with zero attached hydrogens (tertiary/aromatic N) is 2. The van der Waals surface area contributed by atoms with Crippen LogP contribution in [-0.2, 0) is 6.42 Å². The molecule has 0 fully saturated rings. The molecule has 29 heavy (non-hydrogen) atoms. The van der Waals surface area contributed by atoms with Crippen LogP contribution in [0, 0.1) is 6.92 Å². The number of anilines is 3. The third-order valence-corrected chi connectivity index (χ3v) is 4.43. The first-order valence-electron chi connectivity index (χ1n) is 9.58. The lowest BCUT2D eigenvalue weighted by Gasteiger charge is -2.18. The van der Waals surface area contributed by atoms with Crippen LogP contribution in [0.15, 0.2) is 36.5 Å². The molecule has 7 heteroatoms. The SMILES string of the molecule is CCOc1cc(Cc2cnc(N)nc2N)cc(OCC)c1-c1cc(C)cc(N)c1. The van der Waals surface area contributed by atoms with Gasteiger partial charge >= 0.3 is 0 Å². The van der Waals surface area contributed by atoms with Crippen LogP contribution in [0.1, 0.15) is 30.5 Å². The van der Waals surface area contributed by atoms with Gasteiger partial charge in [0.05, 0.1) is 18.8 Å². The third-order valence-electron chi connectivity index (χ3n) is 4.43. The van der Waals surface area contributed by atoms with E-state index in [0.717, 1.165) is 39.3 Å². The Hall–Kier alpha value is -3.48. The Labute approximate surface area is 170 Å². The van der Waals surface area contributed by atoms with Crippen LogP contribution in [0.2, 0.25) is 0 Å². The van der Waals surface area contributed by atoms with Crippen LogP contribution >= 0.6 is 0 Å². The molecule has 2 aromatic carbocycles. The Morgan fingerprint density at radius 2 is 1.55 bits per heavy atom. The van der Waals surface area contributed by atoms with Crippen LogP contribution in [0.4, 0.5) is 17.5 Å². The lowest BCUT2D eigenvalue weighted by molar-refractivity contribution is 0.325. The molecular formula is C22H27N5O2. The highest BCUT2D eigenvalue weighted by molar-refractivity contribution is 5.80. The smallest absolute Gasteiger partial charge is 0.221 e. The summed E-state index contributed by atoms with van der Waals surface area (Å²) in [4.78, 5) is 8.09. The molecule has 0 aliphatic heterocycles. The van der Waals surface area contributed by atoms with Gasteiger partial charge in [-0.1, -0.05) is 6.07 Å². The minimum atomic E-state index is 0.156. The van der Waals surface area contributed by atoms with Gasteiger partial charge in [-0.15, -0.1) is 0 Å². The van der Waals surface area contributed by atoms with Crippen molar-refractivity contribution in [1.29, 1.82) is 0 Å². The number of hydrogen-bond acceptors (Lipinski definition) is 7. The van der Waals surface area contributed by atoms with E-state index in [4.69, 9.17) is 26.7 Å². The minimum Gasteiger partial charge on any atom is -0.493 e. The average molecular weight is 393 g/mol. The Kier molecular flexibility index (Phi) is 6.07. The number of rotatable bonds is 7. The van der Waals surface area contributed by atoms with Crippen molar-refractivity contribution >= 4 is 17.5 Å². The highest BCUT2D eigenvalue weighted by atomic mass is 16.5. The van der Waals surface area contributed by atoms with Gasteiger partial charge in [0.1, 0.15) is 17.3 Å². The van der Waals surface area contributed by atoms with E-state index in [1.54, 1.807) is 6.20 Å². The molecular weight excluding hydrogens is 366 g/mol. The summed E-state index contributed by atoms with van der Waals surface area (Å²) < 4.78 is 12.0. The number of ether oxygens (including phenoxy) is 2. The molecule has 0 spiro atoms. The summed E-state index contributed by atoms with van der Waals surface area (Å²) in [7, 11) is 0. The van der Waals surface area contributed by atoms with Gasteiger partial charge in [-0.05, 0) is 61.7 Å². The molecule has 152 valence electrons. The number of hydrogen-bond donors (Lipinski definition) is 3. The van der Waals surface area contributed by atoms with Gasteiger partial charge in [-0.3, -0.25) is 0 Å². The van der Waals surface area contributed by atoms with E-state index in [-0.39, 0.29) is 5.95 Å². The molecule has 0 radical (unpaired) electrons. The predicted octanol–water partition coefficient (Wildman–Crippen LogP) is 3.59. The lowest BCUT2D eigenvalue weighted by atomic mass is 9.97. The fourth-order valence-electron chi connectivity index (χ4n) is 3.32. The Balaban J connectivity index is 2.13. The maximum Gasteiger partial charge on any atom is 0.221 e. The van der Waals surface area contributed by atoms with Crippen molar-refractivity contribution in [2.75, 3.05) is 30.4 Å². The van der Waals surface area contributed by atoms with E-state index >= 15 is 0 Å². The van der Waals surface area contributed by atoms with Crippen LogP contribution < -0.4 is 26.7 Å². The third kappa shape index (κ3) is 4.68. The number of benzene rings is 2. The Bertz CT molecular complexity index is 973. The van der Waals surface area contributed by atoms with Crippen LogP contribution in [-0.4, -0.2) is 23.2 Å². The lowest BCUT2D eigenvalue weighted by Crippen LogP contribution is -2.05. The highest BCUT2D eigenvalue weighted by Crippen LogP contribution is 2.41. The van der Waals surface area contributed by atoms with Gasteiger partial charge in [-0.25, -0.2) is 4.98 Å². The number of nitrogens with two attached hydrogens (primary N) is 3. The molecule has 0 atom stereocenters. The summed E-state index contributed by atoms with van der Waals surface area (Å²) in [5.74, 6) is 1.98. The normalized spacial score (nSPS) is 10.7. The molecule has 0 bridgehead atoms. The fourth-order valence-corrected chi connectivity index (χ4v) is 3.32. The number of aromatic nitrogens is 2. The van der Waals surface area contributed by atoms with Crippen molar-refractivity contribution in [3.05, 3.63) is 53.2 Å². The topological polar surface area (TPSA) is 122 Å². The first-order valence-corrected chi connectivity index (χ1v) is 9.58. The minimum absolute atomic E-state index is 0.156. The second-order valence-corrected chi connectivity index (χ2v) is 6.78. The molecule has 3 aromatic rings. The maximum atomic E-state index is 6.09. The first kappa shape index (κ1) is 20.3. The summed E-state index contributed by atoms with van der Waals surface area (Å²) in [6, 6.07) is 9.93. The molecule has 6 N–H and O–H groups in total. The molecule has 3 rings (SSSR count). The zero-order chi connectivity index (χ0) is 21.0. The van der Waals surface area contributed by atoms with Gasteiger partial charge in [0, 0.05) is 23.9 Å². The van der Waals surface area contributed by atoms with Gasteiger partial charge < -0.3 is 26.7 Å². The van der Waals surface area contributed by atoms with Crippen molar-refractivity contribution < 1.29 is 9.47 Å². The second-order valence-electron chi connectivity index (χ2n) is 6.78. The quantitative estimate of drug-likeness (QED) is 0.524. The summed E-state index contributed by atoms with van der Waals surface area (Å²) in [5, 5.41) is 0. The van der Waals surface area contributed by atoms with E-state index in [1.165, 1.54) is 0 Å². The molecule has 1 aromatic heterocycles. The standard InChI is InChI=1S/C22H27N5O2/c1-4-28-18-9-14(8-16-12-26-22(25)27-21(16)24)10-19(29-5-2)20(18)15-6-13(3)7-17(23)11-15/h6-7,9-12H,4-5,8,23H2,1-3H3,(H4,24,25,26,27). The predicted molar refractivity (Wildman–Crippen MR) is 117 cm³/mol. The summed E-state index contributed by atoms with van der Waals surface area (Å²) in [6.45, 7) is 6.96. The van der Waals surface area contributed by atoms with E-state index in [1.807, 2.05) is 45.0 Å². The van der Waals surface area contributed by atoms with Crippen LogP contribution in [0.25, 0.3) is 11.1 Å². The van der Waals surface area contributed by atoms with E-state index < -0.39 is 0 Å². The first-order chi connectivity index (χ1) is 13.9. The highest BCUT2D eigenvalue weighted by Gasteiger charge is 2.17. The Morgan fingerprint density at radius 1 is 0.897 bits per heavy atom. The monoisotopic (exact) mass is 393 g/mol. The van der Waals surface area contributed by atoms with Crippen LogP contribution in [0.5, 0.6) is 11.5 Å². The molecule has 7 nitrogen and oxygen atoms in total. The molecule has 0 saturated heterocycles. The summed E-state index contributed by atoms with van der Waals surface area (Å²) >= 11 is 0. The van der Waals surface area contributed by atoms with Crippen molar-refractivity contribution in [2.24, 2.45) is 0 Å². The average Bonchev–Trinajstić information content (AvgIpc) is 2.64. The van der Waals surface area contributed by atoms with E-state index in [2.05, 4.69) is 16.0 Å². The van der Waals surface area contributed by atoms with Crippen molar-refractivity contribution in [2.45, 2.75) is 27.2 Å². The van der Waals surface area contributed by atoms with Crippen LogP contribution in [0.3, 0.4) is 0 Å². The number of nitrogen functional groups attached to an aromatic ring is 3. The maximum absolute atomic E-state index is 6.09. The number of aryl methyl sites for hydroxylation is 1. The zero-order valence-corrected chi connectivity index (χ0v) is 17.0. The summed E-state index contributed by atoms with van der Waals surface area (Å²) in [5.41, 5.74) is 23.1.